The predicted octanol–water partition coefficient (Wildman–Crippen LogP) is 12.2. The smallest absolute Gasteiger partial charge is 0.143 e. The fraction of sp³-hybridized carbons (Fsp3) is 0. The van der Waals surface area contributed by atoms with Crippen LogP contribution in [0.3, 0.4) is 0 Å². The molecule has 2 nitrogen and oxygen atoms in total. The van der Waals surface area contributed by atoms with Crippen molar-refractivity contribution in [3.63, 3.8) is 0 Å². The summed E-state index contributed by atoms with van der Waals surface area (Å²) in [5, 5.41) is 2.78. The van der Waals surface area contributed by atoms with Gasteiger partial charge in [0.1, 0.15) is 16.9 Å². The molecule has 0 saturated heterocycles. The number of fused-ring (bicyclic) bond motifs is 4. The molecule has 0 N–H and O–H groups in total. The van der Waals surface area contributed by atoms with Crippen molar-refractivity contribution in [2.45, 2.75) is 0 Å². The standard InChI is InChI=1S/C42H26O2/c1-3-12-27(13-4-1)38-32-17-7-9-19-34(32)39(35-20-10-8-18-33(35)38)40-36-23-22-30(31-21-11-16-29-24-25-43-41(29)31)26-37(36)44-42(40)28-14-5-2-6-15-28/h1-26H/i2D,5D,6D,14D,15D,17D,18D,19D,20D. The van der Waals surface area contributed by atoms with Gasteiger partial charge in [0.05, 0.1) is 18.6 Å². The molecule has 9 rings (SSSR count). The number of hydrogen-bond acceptors (Lipinski definition) is 2. The molecule has 0 unspecified atom stereocenters. The fourth-order valence-corrected chi connectivity index (χ4v) is 6.24. The van der Waals surface area contributed by atoms with Crippen molar-refractivity contribution in [3.8, 4) is 44.7 Å². The molecule has 0 aliphatic rings. The number of hydrogen-bond donors (Lipinski definition) is 0. The average molecular weight is 572 g/mol. The molecular formula is C42H26O2. The molecule has 9 aromatic rings. The molecule has 0 aliphatic carbocycles. The maximum absolute atomic E-state index is 9.34. The summed E-state index contributed by atoms with van der Waals surface area (Å²) in [6, 6.07) is 26.2. The topological polar surface area (TPSA) is 26.3 Å². The third-order valence-corrected chi connectivity index (χ3v) is 8.10. The van der Waals surface area contributed by atoms with E-state index in [-0.39, 0.29) is 41.1 Å². The molecule has 206 valence electrons. The molecule has 0 bridgehead atoms. The van der Waals surface area contributed by atoms with Crippen LogP contribution in [0.4, 0.5) is 0 Å². The molecular weight excluding hydrogens is 536 g/mol. The summed E-state index contributed by atoms with van der Waals surface area (Å²) in [5.41, 5.74) is 4.15. The summed E-state index contributed by atoms with van der Waals surface area (Å²) in [6.45, 7) is 0. The monoisotopic (exact) mass is 571 g/mol. The maximum Gasteiger partial charge on any atom is 0.143 e. The second kappa shape index (κ2) is 9.86. The van der Waals surface area contributed by atoms with E-state index in [0.29, 0.717) is 54.8 Å². The summed E-state index contributed by atoms with van der Waals surface area (Å²) in [7, 11) is 0. The third kappa shape index (κ3) is 3.75. The Labute approximate surface area is 267 Å². The van der Waals surface area contributed by atoms with Crippen LogP contribution >= 0.6 is 0 Å². The minimum absolute atomic E-state index is 0.0438. The number of para-hydroxylation sites is 1. The largest absolute Gasteiger partial charge is 0.464 e. The molecule has 0 radical (unpaired) electrons. The lowest BCUT2D eigenvalue weighted by molar-refractivity contribution is 0.617. The second-order valence-corrected chi connectivity index (χ2v) is 10.5. The molecule has 0 saturated carbocycles. The summed E-state index contributed by atoms with van der Waals surface area (Å²) in [4.78, 5) is 0. The van der Waals surface area contributed by atoms with Crippen molar-refractivity contribution in [2.24, 2.45) is 0 Å². The van der Waals surface area contributed by atoms with Crippen molar-refractivity contribution in [3.05, 3.63) is 158 Å². The van der Waals surface area contributed by atoms with Crippen LogP contribution in [0.25, 0.3) is 88.2 Å². The lowest BCUT2D eigenvalue weighted by Gasteiger charge is -2.18. The van der Waals surface area contributed by atoms with Gasteiger partial charge in [-0.1, -0.05) is 133 Å². The number of rotatable bonds is 4. The molecule has 0 atom stereocenters. The first-order valence-corrected chi connectivity index (χ1v) is 14.2. The Kier molecular flexibility index (Phi) is 3.88. The molecule has 0 fully saturated rings. The van der Waals surface area contributed by atoms with Crippen LogP contribution in [0.1, 0.15) is 12.3 Å². The van der Waals surface area contributed by atoms with Crippen LogP contribution in [0.15, 0.2) is 167 Å². The first-order valence-electron chi connectivity index (χ1n) is 18.7. The summed E-state index contributed by atoms with van der Waals surface area (Å²) >= 11 is 0. The summed E-state index contributed by atoms with van der Waals surface area (Å²) < 4.78 is 93.0. The van der Waals surface area contributed by atoms with E-state index in [0.717, 1.165) is 16.5 Å². The van der Waals surface area contributed by atoms with Gasteiger partial charge in [0.25, 0.3) is 0 Å². The van der Waals surface area contributed by atoms with E-state index < -0.39 is 30.2 Å². The minimum atomic E-state index is -0.557. The van der Waals surface area contributed by atoms with Crippen molar-refractivity contribution in [1.29, 1.82) is 0 Å². The van der Waals surface area contributed by atoms with Crippen LogP contribution in [0.2, 0.25) is 0 Å². The van der Waals surface area contributed by atoms with Gasteiger partial charge < -0.3 is 8.83 Å². The SMILES string of the molecule is [2H]c1c([2H])c([2H])c(-c2oc3cc(-c4cccc5ccoc45)ccc3c2-c2c3c([2H])ccc([2H])c3c(-c3ccccc3)c3c([2H])ccc([2H])c23)c([2H])c1[2H]. The molecule has 0 amide bonds. The van der Waals surface area contributed by atoms with Crippen molar-refractivity contribution in [1.82, 2.24) is 0 Å². The zero-order chi connectivity index (χ0) is 36.9. The van der Waals surface area contributed by atoms with E-state index in [1.807, 2.05) is 66.7 Å². The zero-order valence-electron chi connectivity index (χ0n) is 32.1. The molecule has 7 aromatic carbocycles. The van der Waals surface area contributed by atoms with E-state index in [2.05, 4.69) is 0 Å². The van der Waals surface area contributed by atoms with Gasteiger partial charge in [-0.3, -0.25) is 0 Å². The van der Waals surface area contributed by atoms with Gasteiger partial charge in [0, 0.05) is 33.0 Å². The Morgan fingerprint density at radius 2 is 1.18 bits per heavy atom. The van der Waals surface area contributed by atoms with Gasteiger partial charge in [0.2, 0.25) is 0 Å². The lowest BCUT2D eigenvalue weighted by Crippen LogP contribution is -1.91. The normalized spacial score (nSPS) is 14.5. The van der Waals surface area contributed by atoms with Crippen LogP contribution in [0.5, 0.6) is 0 Å². The van der Waals surface area contributed by atoms with Crippen LogP contribution < -0.4 is 0 Å². The van der Waals surface area contributed by atoms with E-state index in [9.17, 15) is 5.48 Å². The van der Waals surface area contributed by atoms with Gasteiger partial charge in [0.15, 0.2) is 0 Å². The van der Waals surface area contributed by atoms with E-state index in [1.54, 1.807) is 12.3 Å². The average Bonchev–Trinajstić information content (AvgIpc) is 3.80. The molecule has 2 aromatic heterocycles. The van der Waals surface area contributed by atoms with Crippen LogP contribution in [-0.4, -0.2) is 0 Å². The van der Waals surface area contributed by atoms with Gasteiger partial charge >= 0.3 is 0 Å². The van der Waals surface area contributed by atoms with E-state index in [4.69, 9.17) is 15.7 Å². The predicted molar refractivity (Wildman–Crippen MR) is 183 cm³/mol. The summed E-state index contributed by atoms with van der Waals surface area (Å²) in [6.07, 6.45) is 1.61. The Morgan fingerprint density at radius 1 is 0.477 bits per heavy atom. The molecule has 2 heteroatoms. The molecule has 44 heavy (non-hydrogen) atoms. The maximum atomic E-state index is 9.34. The van der Waals surface area contributed by atoms with Gasteiger partial charge in [-0.05, 0) is 56.4 Å². The molecule has 0 aliphatic heterocycles. The van der Waals surface area contributed by atoms with Crippen molar-refractivity contribution in [2.75, 3.05) is 0 Å². The Morgan fingerprint density at radius 3 is 1.91 bits per heavy atom. The number of benzene rings is 7. The van der Waals surface area contributed by atoms with Gasteiger partial charge in [-0.25, -0.2) is 0 Å². The van der Waals surface area contributed by atoms with Gasteiger partial charge in [-0.2, -0.15) is 0 Å². The second-order valence-electron chi connectivity index (χ2n) is 10.5. The highest BCUT2D eigenvalue weighted by Crippen LogP contribution is 2.50. The fourth-order valence-electron chi connectivity index (χ4n) is 6.24. The highest BCUT2D eigenvalue weighted by atomic mass is 16.3. The first-order chi connectivity index (χ1) is 25.6. The quantitative estimate of drug-likeness (QED) is 0.196. The Balaban J connectivity index is 1.52. The van der Waals surface area contributed by atoms with E-state index >= 15 is 0 Å². The Hall–Kier alpha value is -5.86. The highest BCUT2D eigenvalue weighted by Gasteiger charge is 2.24. The summed E-state index contributed by atoms with van der Waals surface area (Å²) in [5.74, 6) is -0.0509. The lowest BCUT2D eigenvalue weighted by atomic mass is 9.84. The van der Waals surface area contributed by atoms with Gasteiger partial charge in [-0.15, -0.1) is 0 Å². The highest BCUT2D eigenvalue weighted by molar-refractivity contribution is 6.25. The third-order valence-electron chi connectivity index (χ3n) is 8.10. The van der Waals surface area contributed by atoms with E-state index in [1.165, 1.54) is 24.3 Å². The number of furan rings is 2. The zero-order valence-corrected chi connectivity index (χ0v) is 23.1. The van der Waals surface area contributed by atoms with Crippen molar-refractivity contribution < 1.29 is 21.2 Å². The van der Waals surface area contributed by atoms with Crippen LogP contribution in [0, 0.1) is 0 Å². The first kappa shape index (κ1) is 17.3. The van der Waals surface area contributed by atoms with Crippen molar-refractivity contribution >= 4 is 43.5 Å². The minimum Gasteiger partial charge on any atom is -0.464 e. The molecule has 0 spiro atoms. The van der Waals surface area contributed by atoms with Crippen LogP contribution in [-0.2, 0) is 0 Å². The molecule has 2 heterocycles. The Bertz CT molecular complexity index is 2900.